The van der Waals surface area contributed by atoms with Crippen LogP contribution in [0, 0.1) is 11.8 Å². The normalized spacial score (nSPS) is 16.2. The minimum absolute atomic E-state index is 0.736. The molecular formula is C15H21N3. The van der Waals surface area contributed by atoms with Crippen molar-refractivity contribution in [2.45, 2.75) is 0 Å². The zero-order valence-corrected chi connectivity index (χ0v) is 11.2. The number of nitrogens with zero attached hydrogens (tertiary/aromatic N) is 2. The van der Waals surface area contributed by atoms with E-state index in [9.17, 15) is 0 Å². The number of likely N-dealkylation sites (N-methyl/N-ethyl adjacent to an activating group) is 1. The van der Waals surface area contributed by atoms with E-state index in [0.29, 0.717) is 0 Å². The molecule has 1 saturated heterocycles. The van der Waals surface area contributed by atoms with Crippen molar-refractivity contribution in [2.24, 2.45) is 0 Å². The molecule has 1 N–H and O–H groups in total. The van der Waals surface area contributed by atoms with Crippen molar-refractivity contribution in [1.82, 2.24) is 10.2 Å². The van der Waals surface area contributed by atoms with Gasteiger partial charge in [-0.2, -0.15) is 0 Å². The van der Waals surface area contributed by atoms with Crippen molar-refractivity contribution in [1.29, 1.82) is 0 Å². The van der Waals surface area contributed by atoms with Gasteiger partial charge in [-0.05, 0) is 38.4 Å². The predicted octanol–water partition coefficient (Wildman–Crippen LogP) is 1.01. The highest BCUT2D eigenvalue weighted by Gasteiger charge is 2.13. The topological polar surface area (TPSA) is 18.5 Å². The Kier molecular flexibility index (Phi) is 4.63. The molecule has 0 spiro atoms. The Morgan fingerprint density at radius 3 is 2.39 bits per heavy atom. The first-order chi connectivity index (χ1) is 8.79. The Morgan fingerprint density at radius 2 is 1.78 bits per heavy atom. The first-order valence-corrected chi connectivity index (χ1v) is 6.46. The molecular weight excluding hydrogens is 222 g/mol. The molecule has 0 amide bonds. The van der Waals surface area contributed by atoms with Gasteiger partial charge in [-0.1, -0.05) is 11.8 Å². The third-order valence-electron chi connectivity index (χ3n) is 3.23. The highest BCUT2D eigenvalue weighted by molar-refractivity contribution is 5.50. The van der Waals surface area contributed by atoms with Crippen LogP contribution in [-0.2, 0) is 0 Å². The van der Waals surface area contributed by atoms with Crippen LogP contribution in [0.3, 0.4) is 0 Å². The summed E-state index contributed by atoms with van der Waals surface area (Å²) < 4.78 is 0. The van der Waals surface area contributed by atoms with Gasteiger partial charge < -0.3 is 15.1 Å². The van der Waals surface area contributed by atoms with E-state index in [2.05, 4.69) is 58.3 Å². The molecule has 0 atom stereocenters. The van der Waals surface area contributed by atoms with Crippen molar-refractivity contribution in [2.75, 3.05) is 51.7 Å². The fourth-order valence-electron chi connectivity index (χ4n) is 2.05. The third-order valence-corrected chi connectivity index (χ3v) is 3.23. The number of piperazine rings is 1. The second kappa shape index (κ2) is 6.44. The van der Waals surface area contributed by atoms with Gasteiger partial charge in [0.05, 0.1) is 6.54 Å². The van der Waals surface area contributed by atoms with E-state index in [1.165, 1.54) is 5.69 Å². The van der Waals surface area contributed by atoms with Crippen LogP contribution in [0.5, 0.6) is 0 Å². The molecule has 18 heavy (non-hydrogen) atoms. The molecule has 0 aliphatic carbocycles. The van der Waals surface area contributed by atoms with Crippen molar-refractivity contribution in [3.63, 3.8) is 0 Å². The van der Waals surface area contributed by atoms with Crippen LogP contribution in [0.25, 0.3) is 0 Å². The van der Waals surface area contributed by atoms with E-state index in [0.717, 1.165) is 38.3 Å². The van der Waals surface area contributed by atoms with Gasteiger partial charge in [0.2, 0.25) is 0 Å². The van der Waals surface area contributed by atoms with Gasteiger partial charge in [-0.25, -0.2) is 0 Å². The first-order valence-electron chi connectivity index (χ1n) is 6.46. The van der Waals surface area contributed by atoms with Crippen LogP contribution < -0.4 is 10.2 Å². The van der Waals surface area contributed by atoms with Gasteiger partial charge in [0.1, 0.15) is 0 Å². The van der Waals surface area contributed by atoms with E-state index in [1.807, 2.05) is 7.05 Å². The Hall–Kier alpha value is -1.50. The molecule has 1 heterocycles. The lowest BCUT2D eigenvalue weighted by atomic mass is 10.2. The van der Waals surface area contributed by atoms with Gasteiger partial charge in [-0.15, -0.1) is 0 Å². The summed E-state index contributed by atoms with van der Waals surface area (Å²) in [5, 5.41) is 3.02. The summed E-state index contributed by atoms with van der Waals surface area (Å²) in [6.45, 7) is 5.25. The van der Waals surface area contributed by atoms with Gasteiger partial charge in [-0.3, -0.25) is 0 Å². The molecule has 1 aliphatic rings. The van der Waals surface area contributed by atoms with E-state index in [-0.39, 0.29) is 0 Å². The van der Waals surface area contributed by atoms with E-state index < -0.39 is 0 Å². The van der Waals surface area contributed by atoms with Crippen molar-refractivity contribution in [3.05, 3.63) is 29.8 Å². The van der Waals surface area contributed by atoms with Crippen LogP contribution >= 0.6 is 0 Å². The third kappa shape index (κ3) is 3.49. The molecule has 1 aliphatic heterocycles. The predicted molar refractivity (Wildman–Crippen MR) is 77.0 cm³/mol. The van der Waals surface area contributed by atoms with Crippen LogP contribution in [0.2, 0.25) is 0 Å². The summed E-state index contributed by atoms with van der Waals surface area (Å²) in [5.74, 6) is 6.22. The van der Waals surface area contributed by atoms with Crippen molar-refractivity contribution < 1.29 is 0 Å². The maximum Gasteiger partial charge on any atom is 0.0577 e. The van der Waals surface area contributed by atoms with Crippen LogP contribution in [0.15, 0.2) is 24.3 Å². The summed E-state index contributed by atoms with van der Waals surface area (Å²) in [4.78, 5) is 4.80. The zero-order valence-electron chi connectivity index (χ0n) is 11.2. The molecule has 0 radical (unpaired) electrons. The van der Waals surface area contributed by atoms with Crippen molar-refractivity contribution >= 4 is 5.69 Å². The fourth-order valence-corrected chi connectivity index (χ4v) is 2.05. The molecule has 3 heteroatoms. The van der Waals surface area contributed by atoms with Crippen molar-refractivity contribution in [3.8, 4) is 11.8 Å². The second-order valence-electron chi connectivity index (χ2n) is 4.67. The minimum atomic E-state index is 0.736. The largest absolute Gasteiger partial charge is 0.369 e. The van der Waals surface area contributed by atoms with Gasteiger partial charge in [0, 0.05) is 37.4 Å². The fraction of sp³-hybridized carbons (Fsp3) is 0.467. The number of benzene rings is 1. The average Bonchev–Trinajstić information content (AvgIpc) is 2.41. The van der Waals surface area contributed by atoms with Crippen LogP contribution in [-0.4, -0.2) is 51.7 Å². The number of anilines is 1. The molecule has 0 bridgehead atoms. The lowest BCUT2D eigenvalue weighted by molar-refractivity contribution is 0.313. The highest BCUT2D eigenvalue weighted by atomic mass is 15.2. The van der Waals surface area contributed by atoms with E-state index in [4.69, 9.17) is 0 Å². The number of hydrogen-bond acceptors (Lipinski definition) is 3. The Balaban J connectivity index is 1.97. The first kappa shape index (κ1) is 12.9. The summed E-state index contributed by atoms with van der Waals surface area (Å²) in [6.07, 6.45) is 0. The minimum Gasteiger partial charge on any atom is -0.369 e. The van der Waals surface area contributed by atoms with Crippen LogP contribution in [0.4, 0.5) is 5.69 Å². The number of rotatable bonds is 2. The molecule has 2 rings (SSSR count). The monoisotopic (exact) mass is 243 g/mol. The SMILES string of the molecule is CNCC#Cc1ccc(N2CCN(C)CC2)cc1. The van der Waals surface area contributed by atoms with Gasteiger partial charge >= 0.3 is 0 Å². The summed E-state index contributed by atoms with van der Waals surface area (Å²) in [6, 6.07) is 8.57. The smallest absolute Gasteiger partial charge is 0.0577 e. The molecule has 0 aromatic heterocycles. The molecule has 0 unspecified atom stereocenters. The summed E-state index contributed by atoms with van der Waals surface area (Å²) >= 11 is 0. The Bertz CT molecular complexity index is 419. The number of hydrogen-bond donors (Lipinski definition) is 1. The zero-order chi connectivity index (χ0) is 12.8. The molecule has 1 fully saturated rings. The molecule has 96 valence electrons. The Morgan fingerprint density at radius 1 is 1.11 bits per heavy atom. The van der Waals surface area contributed by atoms with E-state index in [1.54, 1.807) is 0 Å². The van der Waals surface area contributed by atoms with Gasteiger partial charge in [0.15, 0.2) is 0 Å². The lowest BCUT2D eigenvalue weighted by Crippen LogP contribution is -2.44. The average molecular weight is 243 g/mol. The number of nitrogens with one attached hydrogen (secondary N) is 1. The quantitative estimate of drug-likeness (QED) is 0.782. The molecule has 3 nitrogen and oxygen atoms in total. The van der Waals surface area contributed by atoms with E-state index >= 15 is 0 Å². The summed E-state index contributed by atoms with van der Waals surface area (Å²) in [5.41, 5.74) is 2.39. The Labute approximate surface area is 110 Å². The molecule has 1 aromatic rings. The maximum absolute atomic E-state index is 3.14. The molecule has 1 aromatic carbocycles. The van der Waals surface area contributed by atoms with Crippen LogP contribution in [0.1, 0.15) is 5.56 Å². The summed E-state index contributed by atoms with van der Waals surface area (Å²) in [7, 11) is 4.09. The molecule has 0 saturated carbocycles. The highest BCUT2D eigenvalue weighted by Crippen LogP contribution is 2.16. The van der Waals surface area contributed by atoms with Gasteiger partial charge in [0.25, 0.3) is 0 Å². The maximum atomic E-state index is 3.14. The second-order valence-corrected chi connectivity index (χ2v) is 4.67. The standard InChI is InChI=1S/C15H21N3/c1-16-9-3-4-14-5-7-15(8-6-14)18-12-10-17(2)11-13-18/h5-8,16H,9-13H2,1-2H3. The lowest BCUT2D eigenvalue weighted by Gasteiger charge is -2.34.